The van der Waals surface area contributed by atoms with E-state index in [1.807, 2.05) is 54.1 Å². The predicted molar refractivity (Wildman–Crippen MR) is 135 cm³/mol. The quantitative estimate of drug-likeness (QED) is 0.329. The van der Waals surface area contributed by atoms with E-state index in [9.17, 15) is 4.79 Å². The Kier molecular flexibility index (Phi) is 6.21. The Morgan fingerprint density at radius 3 is 2.74 bits per heavy atom. The third-order valence-electron chi connectivity index (χ3n) is 6.07. The number of amides is 1. The van der Waals surface area contributed by atoms with Gasteiger partial charge in [0.1, 0.15) is 11.5 Å². The predicted octanol–water partition coefficient (Wildman–Crippen LogP) is 4.59. The fourth-order valence-electron chi connectivity index (χ4n) is 4.36. The Morgan fingerprint density at radius 1 is 1.21 bits per heavy atom. The van der Waals surface area contributed by atoms with Gasteiger partial charge >= 0.3 is 0 Å². The van der Waals surface area contributed by atoms with Gasteiger partial charge in [-0.05, 0) is 61.9 Å². The van der Waals surface area contributed by atoms with Gasteiger partial charge in [-0.3, -0.25) is 9.78 Å². The van der Waals surface area contributed by atoms with Crippen LogP contribution in [0, 0.1) is 0 Å². The molecule has 0 aliphatic carbocycles. The number of nitrogens with zero attached hydrogens (tertiary/aromatic N) is 3. The number of nitrogens with one attached hydrogen (secondary N) is 2. The van der Waals surface area contributed by atoms with Gasteiger partial charge in [0.05, 0.1) is 22.6 Å². The van der Waals surface area contributed by atoms with Crippen molar-refractivity contribution in [1.82, 2.24) is 19.9 Å². The number of carbonyl (C=O) groups is 1. The highest BCUT2D eigenvalue weighted by Crippen LogP contribution is 2.31. The molecular formula is C25H25BrN6O2. The zero-order valence-corrected chi connectivity index (χ0v) is 20.2. The molecule has 1 fully saturated rings. The van der Waals surface area contributed by atoms with Crippen LogP contribution >= 0.6 is 15.9 Å². The van der Waals surface area contributed by atoms with Crippen LogP contribution in [0.4, 0.5) is 11.6 Å². The zero-order valence-electron chi connectivity index (χ0n) is 18.7. The molecule has 4 N–H and O–H groups in total. The number of anilines is 2. The molecule has 0 saturated carbocycles. The maximum Gasteiger partial charge on any atom is 0.228 e. The van der Waals surface area contributed by atoms with Gasteiger partial charge in [-0.25, -0.2) is 4.98 Å². The summed E-state index contributed by atoms with van der Waals surface area (Å²) in [5.41, 5.74) is 9.06. The first-order valence-electron chi connectivity index (χ1n) is 11.1. The van der Waals surface area contributed by atoms with Crippen LogP contribution in [0.2, 0.25) is 0 Å². The normalized spacial score (nSPS) is 16.5. The van der Waals surface area contributed by atoms with Gasteiger partial charge in [0, 0.05) is 41.6 Å². The van der Waals surface area contributed by atoms with Crippen molar-refractivity contribution >= 4 is 44.5 Å². The lowest BCUT2D eigenvalue weighted by molar-refractivity contribution is -0.120. The van der Waals surface area contributed by atoms with Crippen molar-refractivity contribution in [2.24, 2.45) is 12.8 Å². The van der Waals surface area contributed by atoms with Crippen LogP contribution in [-0.4, -0.2) is 33.0 Å². The van der Waals surface area contributed by atoms with Gasteiger partial charge in [-0.1, -0.05) is 15.9 Å². The highest BCUT2D eigenvalue weighted by molar-refractivity contribution is 9.10. The number of imidazole rings is 1. The maximum absolute atomic E-state index is 12.2. The van der Waals surface area contributed by atoms with Crippen LogP contribution in [0.3, 0.4) is 0 Å². The number of benzene rings is 2. The lowest BCUT2D eigenvalue weighted by atomic mass is 9.93. The summed E-state index contributed by atoms with van der Waals surface area (Å²) in [6.07, 6.45) is 3.57. The van der Waals surface area contributed by atoms with Gasteiger partial charge in [0.15, 0.2) is 0 Å². The number of pyridine rings is 1. The largest absolute Gasteiger partial charge is 0.457 e. The first kappa shape index (κ1) is 22.4. The highest BCUT2D eigenvalue weighted by Gasteiger charge is 2.31. The Bertz CT molecular complexity index is 1330. The van der Waals surface area contributed by atoms with Crippen molar-refractivity contribution < 1.29 is 9.53 Å². The molecule has 1 saturated heterocycles. The molecule has 0 bridgehead atoms. The van der Waals surface area contributed by atoms with Crippen molar-refractivity contribution in [2.75, 3.05) is 11.9 Å². The first-order chi connectivity index (χ1) is 16.5. The minimum absolute atomic E-state index is 0.00164. The number of hydrogen-bond donors (Lipinski definition) is 3. The average molecular weight is 521 g/mol. The van der Waals surface area contributed by atoms with Crippen LogP contribution in [0.5, 0.6) is 11.5 Å². The van der Waals surface area contributed by atoms with E-state index in [2.05, 4.69) is 31.5 Å². The number of primary amides is 1. The van der Waals surface area contributed by atoms with E-state index in [-0.39, 0.29) is 11.9 Å². The second kappa shape index (κ2) is 9.44. The molecule has 9 heteroatoms. The molecule has 1 aliphatic rings. The minimum Gasteiger partial charge on any atom is -0.457 e. The van der Waals surface area contributed by atoms with Crippen molar-refractivity contribution in [1.29, 1.82) is 0 Å². The molecule has 1 aliphatic heterocycles. The molecule has 4 aromatic rings. The van der Waals surface area contributed by atoms with Crippen molar-refractivity contribution in [3.63, 3.8) is 0 Å². The number of carbonyl (C=O) groups excluding carboxylic acids is 1. The van der Waals surface area contributed by atoms with Crippen LogP contribution in [-0.2, 0) is 11.8 Å². The molecule has 0 radical (unpaired) electrons. The Hall–Kier alpha value is -3.43. The van der Waals surface area contributed by atoms with Gasteiger partial charge < -0.3 is 25.7 Å². The van der Waals surface area contributed by atoms with E-state index in [1.165, 1.54) is 0 Å². The van der Waals surface area contributed by atoms with E-state index in [0.717, 1.165) is 46.5 Å². The van der Waals surface area contributed by atoms with Gasteiger partial charge in [-0.15, -0.1) is 0 Å². The number of fused-ring (bicyclic) bond motifs is 1. The van der Waals surface area contributed by atoms with Crippen LogP contribution in [0.1, 0.15) is 24.5 Å². The summed E-state index contributed by atoms with van der Waals surface area (Å²) < 4.78 is 9.13. The molecule has 34 heavy (non-hydrogen) atoms. The van der Waals surface area contributed by atoms with Crippen molar-refractivity contribution in [3.8, 4) is 11.5 Å². The lowest BCUT2D eigenvalue weighted by Crippen LogP contribution is -2.37. The summed E-state index contributed by atoms with van der Waals surface area (Å²) in [5, 5.41) is 6.70. The average Bonchev–Trinajstić information content (AvgIpc) is 3.44. The fraction of sp³-hybridized carbons (Fsp3) is 0.240. The zero-order chi connectivity index (χ0) is 23.7. The lowest BCUT2D eigenvalue weighted by Gasteiger charge is -2.20. The van der Waals surface area contributed by atoms with Crippen LogP contribution in [0.25, 0.3) is 11.0 Å². The first-order valence-corrected chi connectivity index (χ1v) is 11.9. The van der Waals surface area contributed by atoms with E-state index in [4.69, 9.17) is 15.5 Å². The Balaban J connectivity index is 1.38. The molecule has 3 heterocycles. The second-order valence-electron chi connectivity index (χ2n) is 8.38. The number of nitrogens with two attached hydrogens (primary N) is 1. The van der Waals surface area contributed by atoms with Crippen LogP contribution < -0.4 is 21.1 Å². The van der Waals surface area contributed by atoms with Gasteiger partial charge in [-0.2, -0.15) is 0 Å². The van der Waals surface area contributed by atoms with Gasteiger partial charge in [0.2, 0.25) is 11.9 Å². The monoisotopic (exact) mass is 520 g/mol. The van der Waals surface area contributed by atoms with E-state index < -0.39 is 5.92 Å². The molecule has 174 valence electrons. The standard InChI is InChI=1S/C25H25BrN6O2/c1-32-22-9-8-17(13-20(22)31-25(32)30-16-6-4-15(26)5-7-16)34-18-10-12-29-21(14-18)23(24(27)33)19-3-2-11-28-19/h4-10,12-14,19,23,28H,2-3,11H2,1H3,(H2,27,33)(H,30,31). The van der Waals surface area contributed by atoms with Crippen molar-refractivity contribution in [2.45, 2.75) is 24.8 Å². The Morgan fingerprint density at radius 2 is 2.00 bits per heavy atom. The van der Waals surface area contributed by atoms with E-state index in [1.54, 1.807) is 18.3 Å². The van der Waals surface area contributed by atoms with Crippen LogP contribution in [0.15, 0.2) is 65.3 Å². The number of aryl methyl sites for hydroxylation is 1. The van der Waals surface area contributed by atoms with Crippen molar-refractivity contribution in [3.05, 3.63) is 71.0 Å². The molecule has 2 aromatic heterocycles. The molecule has 0 spiro atoms. The Labute approximate surface area is 205 Å². The number of ether oxygens (including phenoxy) is 1. The summed E-state index contributed by atoms with van der Waals surface area (Å²) in [6.45, 7) is 0.882. The summed E-state index contributed by atoms with van der Waals surface area (Å²) in [7, 11) is 1.97. The number of rotatable bonds is 7. The number of hydrogen-bond acceptors (Lipinski definition) is 6. The number of aromatic nitrogens is 3. The molecule has 2 unspecified atom stereocenters. The fourth-order valence-corrected chi connectivity index (χ4v) is 4.63. The molecule has 5 rings (SSSR count). The molecule has 1 amide bonds. The summed E-state index contributed by atoms with van der Waals surface area (Å²) in [4.78, 5) is 21.3. The highest BCUT2D eigenvalue weighted by atomic mass is 79.9. The molecule has 2 atom stereocenters. The van der Waals surface area contributed by atoms with E-state index >= 15 is 0 Å². The molecule has 8 nitrogen and oxygen atoms in total. The summed E-state index contributed by atoms with van der Waals surface area (Å²) >= 11 is 3.45. The maximum atomic E-state index is 12.2. The SMILES string of the molecule is Cn1c(Nc2ccc(Br)cc2)nc2cc(Oc3ccnc(C(C(N)=O)C4CCCN4)c3)ccc21. The molecule has 2 aromatic carbocycles. The number of halogens is 1. The third kappa shape index (κ3) is 4.62. The summed E-state index contributed by atoms with van der Waals surface area (Å²) in [6, 6.07) is 17.3. The third-order valence-corrected chi connectivity index (χ3v) is 6.60. The topological polar surface area (TPSA) is 107 Å². The van der Waals surface area contributed by atoms with E-state index in [0.29, 0.717) is 17.2 Å². The second-order valence-corrected chi connectivity index (χ2v) is 9.29. The smallest absolute Gasteiger partial charge is 0.228 e. The van der Waals surface area contributed by atoms with Gasteiger partial charge in [0.25, 0.3) is 0 Å². The molecular weight excluding hydrogens is 496 g/mol. The minimum atomic E-state index is -0.489. The summed E-state index contributed by atoms with van der Waals surface area (Å²) in [5.74, 6) is 1.10.